The summed E-state index contributed by atoms with van der Waals surface area (Å²) in [5.74, 6) is 0. The Morgan fingerprint density at radius 2 is 1.64 bits per heavy atom. The average Bonchev–Trinajstić information content (AvgIpc) is 2.97. The van der Waals surface area contributed by atoms with Gasteiger partial charge in [-0.2, -0.15) is 5.10 Å². The number of nitrogens with one attached hydrogen (secondary N) is 3. The number of aromatic amines is 3. The van der Waals surface area contributed by atoms with Gasteiger partial charge in [0.1, 0.15) is 5.52 Å². The van der Waals surface area contributed by atoms with E-state index in [9.17, 15) is 9.59 Å². The first-order valence-electron chi connectivity index (χ1n) is 7.57. The number of rotatable bonds is 1. The highest BCUT2D eigenvalue weighted by molar-refractivity contribution is 6.10. The fourth-order valence-electron chi connectivity index (χ4n) is 3.01. The summed E-state index contributed by atoms with van der Waals surface area (Å²) in [6.45, 7) is 0. The molecule has 0 bridgehead atoms. The van der Waals surface area contributed by atoms with Gasteiger partial charge in [-0.3, -0.25) is 9.78 Å². The van der Waals surface area contributed by atoms with E-state index in [0.29, 0.717) is 16.7 Å². The molecule has 8 heteroatoms. The molecule has 5 aromatic rings. The third-order valence-electron chi connectivity index (χ3n) is 4.10. The van der Waals surface area contributed by atoms with Gasteiger partial charge in [0.25, 0.3) is 5.56 Å². The number of hydrogen-bond acceptors (Lipinski definition) is 5. The smallest absolute Gasteiger partial charge is 0.337 e. The molecule has 8 nitrogen and oxygen atoms in total. The third-order valence-corrected chi connectivity index (χ3v) is 4.10. The highest BCUT2D eigenvalue weighted by atomic mass is 16.2. The number of para-hydroxylation sites is 3. The van der Waals surface area contributed by atoms with Crippen molar-refractivity contribution in [3.63, 3.8) is 0 Å². The molecule has 2 aromatic carbocycles. The number of H-pyrrole nitrogens is 3. The van der Waals surface area contributed by atoms with Gasteiger partial charge in [-0.1, -0.05) is 30.3 Å². The molecule has 0 unspecified atom stereocenters. The van der Waals surface area contributed by atoms with Gasteiger partial charge >= 0.3 is 5.69 Å². The highest BCUT2D eigenvalue weighted by Gasteiger charge is 2.15. The van der Waals surface area contributed by atoms with Crippen LogP contribution in [0.5, 0.6) is 0 Å². The summed E-state index contributed by atoms with van der Waals surface area (Å²) in [5.41, 5.74) is 3.11. The fourth-order valence-corrected chi connectivity index (χ4v) is 3.01. The van der Waals surface area contributed by atoms with Crippen molar-refractivity contribution in [1.29, 1.82) is 0 Å². The lowest BCUT2D eigenvalue weighted by atomic mass is 10.1. The topological polar surface area (TPSA) is 120 Å². The summed E-state index contributed by atoms with van der Waals surface area (Å²) in [7, 11) is 0. The zero-order valence-corrected chi connectivity index (χ0v) is 12.7. The second kappa shape index (κ2) is 4.84. The summed E-state index contributed by atoms with van der Waals surface area (Å²) in [4.78, 5) is 38.0. The third kappa shape index (κ3) is 1.97. The van der Waals surface area contributed by atoms with E-state index in [1.807, 2.05) is 36.4 Å². The summed E-state index contributed by atoms with van der Waals surface area (Å²) in [5, 5.41) is 6.97. The van der Waals surface area contributed by atoms with E-state index >= 15 is 0 Å². The molecule has 5 rings (SSSR count). The van der Waals surface area contributed by atoms with Gasteiger partial charge < -0.3 is 4.98 Å². The Hall–Kier alpha value is -3.81. The van der Waals surface area contributed by atoms with Crippen LogP contribution in [0.4, 0.5) is 0 Å². The van der Waals surface area contributed by atoms with Gasteiger partial charge in [-0.15, -0.1) is 0 Å². The molecule has 0 spiro atoms. The Bertz CT molecular complexity index is 1400. The molecule has 3 aromatic heterocycles. The summed E-state index contributed by atoms with van der Waals surface area (Å²) >= 11 is 0. The van der Waals surface area contributed by atoms with Crippen molar-refractivity contribution in [2.24, 2.45) is 0 Å². The number of benzene rings is 2. The summed E-state index contributed by atoms with van der Waals surface area (Å²) in [6, 6.07) is 13.1. The Kier molecular flexibility index (Phi) is 2.64. The summed E-state index contributed by atoms with van der Waals surface area (Å²) < 4.78 is 0. The number of fused-ring (bicyclic) bond motifs is 4. The van der Waals surface area contributed by atoms with Gasteiger partial charge in [0.2, 0.25) is 0 Å². The van der Waals surface area contributed by atoms with Crippen molar-refractivity contribution < 1.29 is 0 Å². The van der Waals surface area contributed by atoms with Crippen molar-refractivity contribution in [2.45, 2.75) is 0 Å². The van der Waals surface area contributed by atoms with E-state index in [4.69, 9.17) is 0 Å². The van der Waals surface area contributed by atoms with Crippen LogP contribution in [0.3, 0.4) is 0 Å². The molecule has 120 valence electrons. The van der Waals surface area contributed by atoms with Gasteiger partial charge in [0.05, 0.1) is 16.6 Å². The van der Waals surface area contributed by atoms with Crippen LogP contribution in [0.25, 0.3) is 44.4 Å². The largest absolute Gasteiger partial charge is 0.342 e. The van der Waals surface area contributed by atoms with Crippen molar-refractivity contribution in [2.75, 3.05) is 0 Å². The molecule has 0 aliphatic carbocycles. The molecule has 0 fully saturated rings. The van der Waals surface area contributed by atoms with E-state index in [2.05, 4.69) is 30.1 Å². The van der Waals surface area contributed by atoms with Crippen LogP contribution >= 0.6 is 0 Å². The monoisotopic (exact) mass is 330 g/mol. The standard InChI is InChI=1S/C17H10N6O2/c24-16-14(22-23-17(25)21-16)9-5-3-4-8-12(9)20-15-13(8)18-10-6-1-2-7-11(10)19-15/h1-7H,(H,19,20)(H2,21,23,24,25). The van der Waals surface area contributed by atoms with Crippen molar-refractivity contribution in [3.05, 3.63) is 63.3 Å². The Morgan fingerprint density at radius 1 is 0.840 bits per heavy atom. The second-order valence-corrected chi connectivity index (χ2v) is 5.62. The quantitative estimate of drug-likeness (QED) is 0.432. The lowest BCUT2D eigenvalue weighted by Gasteiger charge is -2.00. The molecule has 3 N–H and O–H groups in total. The number of hydrogen-bond donors (Lipinski definition) is 3. The van der Waals surface area contributed by atoms with Crippen LogP contribution < -0.4 is 11.2 Å². The minimum Gasteiger partial charge on any atom is -0.337 e. The van der Waals surface area contributed by atoms with Crippen LogP contribution in [0.2, 0.25) is 0 Å². The van der Waals surface area contributed by atoms with Crippen LogP contribution in [-0.4, -0.2) is 30.1 Å². The highest BCUT2D eigenvalue weighted by Crippen LogP contribution is 2.30. The van der Waals surface area contributed by atoms with Crippen LogP contribution in [0.15, 0.2) is 52.1 Å². The predicted octanol–water partition coefficient (Wildman–Crippen LogP) is 1.70. The molecule has 0 aliphatic rings. The van der Waals surface area contributed by atoms with Crippen molar-refractivity contribution >= 4 is 33.1 Å². The molecule has 0 aliphatic heterocycles. The molecule has 0 radical (unpaired) electrons. The van der Waals surface area contributed by atoms with E-state index in [0.717, 1.165) is 21.9 Å². The predicted molar refractivity (Wildman–Crippen MR) is 93.4 cm³/mol. The van der Waals surface area contributed by atoms with Gasteiger partial charge in [-0.05, 0) is 12.1 Å². The molecule has 25 heavy (non-hydrogen) atoms. The molecular formula is C17H10N6O2. The maximum absolute atomic E-state index is 12.1. The first kappa shape index (κ1) is 13.6. The molecule has 0 saturated heterocycles. The Labute approximate surface area is 138 Å². The molecule has 0 saturated carbocycles. The maximum atomic E-state index is 12.1. The lowest BCUT2D eigenvalue weighted by Crippen LogP contribution is -2.25. The second-order valence-electron chi connectivity index (χ2n) is 5.62. The van der Waals surface area contributed by atoms with E-state index < -0.39 is 11.2 Å². The van der Waals surface area contributed by atoms with Crippen molar-refractivity contribution in [1.82, 2.24) is 30.1 Å². The van der Waals surface area contributed by atoms with Crippen molar-refractivity contribution in [3.8, 4) is 11.3 Å². The fraction of sp³-hybridized carbons (Fsp3) is 0. The van der Waals surface area contributed by atoms with E-state index in [1.54, 1.807) is 6.07 Å². The van der Waals surface area contributed by atoms with Gasteiger partial charge in [0, 0.05) is 10.9 Å². The average molecular weight is 330 g/mol. The Balaban J connectivity index is 1.91. The first-order chi connectivity index (χ1) is 12.2. The number of aromatic nitrogens is 6. The lowest BCUT2D eigenvalue weighted by molar-refractivity contribution is 0.898. The SMILES string of the molecule is O=c1[nH]nc(-c2cccc3c2[nH]c2nc4ccccc4nc23)c(=O)[nH]1. The Morgan fingerprint density at radius 3 is 2.44 bits per heavy atom. The van der Waals surface area contributed by atoms with E-state index in [1.165, 1.54) is 0 Å². The molecule has 0 atom stereocenters. The van der Waals surface area contributed by atoms with Crippen LogP contribution in [0.1, 0.15) is 0 Å². The molecular weight excluding hydrogens is 320 g/mol. The van der Waals surface area contributed by atoms with E-state index in [-0.39, 0.29) is 5.69 Å². The normalized spacial score (nSPS) is 11.5. The van der Waals surface area contributed by atoms with Gasteiger partial charge in [-0.25, -0.2) is 19.9 Å². The summed E-state index contributed by atoms with van der Waals surface area (Å²) in [6.07, 6.45) is 0. The minimum atomic E-state index is -0.646. The zero-order valence-electron chi connectivity index (χ0n) is 12.7. The van der Waals surface area contributed by atoms with Crippen LogP contribution in [0, 0.1) is 0 Å². The minimum absolute atomic E-state index is 0.126. The number of nitrogens with zero attached hydrogens (tertiary/aromatic N) is 3. The molecule has 0 amide bonds. The first-order valence-corrected chi connectivity index (χ1v) is 7.57. The van der Waals surface area contributed by atoms with Gasteiger partial charge in [0.15, 0.2) is 11.3 Å². The molecule has 3 heterocycles. The zero-order chi connectivity index (χ0) is 17.0. The maximum Gasteiger partial charge on any atom is 0.342 e. The van der Waals surface area contributed by atoms with Crippen LogP contribution in [-0.2, 0) is 0 Å².